The normalized spacial score (nSPS) is 15.8. The Morgan fingerprint density at radius 1 is 1.46 bits per heavy atom. The van der Waals surface area contributed by atoms with Crippen molar-refractivity contribution in [2.24, 2.45) is 5.92 Å². The van der Waals surface area contributed by atoms with Gasteiger partial charge in [-0.1, -0.05) is 6.07 Å². The van der Waals surface area contributed by atoms with Crippen molar-refractivity contribution in [1.29, 1.82) is 0 Å². The third kappa shape index (κ3) is 2.27. The number of phenols is 1. The van der Waals surface area contributed by atoms with Crippen molar-refractivity contribution in [3.05, 3.63) is 21.8 Å². The van der Waals surface area contributed by atoms with Crippen molar-refractivity contribution in [2.75, 3.05) is 6.61 Å². The molecule has 1 N–H and O–H groups in total. The summed E-state index contributed by atoms with van der Waals surface area (Å²) in [6.07, 6.45) is 2.54. The van der Waals surface area contributed by atoms with E-state index in [4.69, 9.17) is 4.74 Å². The Balaban J connectivity index is 2.05. The van der Waals surface area contributed by atoms with Crippen LogP contribution in [0.3, 0.4) is 0 Å². The van der Waals surface area contributed by atoms with Crippen LogP contribution >= 0.6 is 22.6 Å². The van der Waals surface area contributed by atoms with Crippen LogP contribution in [0.25, 0.3) is 0 Å². The fraction of sp³-hybridized carbons (Fsp3) is 0.400. The van der Waals surface area contributed by atoms with E-state index in [-0.39, 0.29) is 5.75 Å². The fourth-order valence-corrected chi connectivity index (χ4v) is 1.58. The minimum Gasteiger partial charge on any atom is -0.504 e. The van der Waals surface area contributed by atoms with Crippen LogP contribution in [0.5, 0.6) is 11.5 Å². The van der Waals surface area contributed by atoms with E-state index >= 15 is 0 Å². The highest BCUT2D eigenvalue weighted by atomic mass is 127. The Kier molecular flexibility index (Phi) is 2.62. The van der Waals surface area contributed by atoms with Crippen LogP contribution in [0, 0.1) is 9.49 Å². The number of aromatic hydroxyl groups is 1. The highest BCUT2D eigenvalue weighted by Gasteiger charge is 2.22. The lowest BCUT2D eigenvalue weighted by Crippen LogP contribution is -1.99. The number of hydrogen-bond donors (Lipinski definition) is 1. The molecule has 1 aliphatic carbocycles. The number of rotatable bonds is 3. The quantitative estimate of drug-likeness (QED) is 0.867. The van der Waals surface area contributed by atoms with Gasteiger partial charge in [0.25, 0.3) is 0 Å². The molecule has 0 aliphatic heterocycles. The number of phenolic OH excluding ortho intramolecular Hbond substituents is 1. The van der Waals surface area contributed by atoms with Gasteiger partial charge in [-0.25, -0.2) is 0 Å². The maximum atomic E-state index is 9.60. The molecule has 1 aromatic rings. The summed E-state index contributed by atoms with van der Waals surface area (Å²) < 4.78 is 6.33. The molecule has 1 aromatic carbocycles. The number of halogens is 1. The third-order valence-electron chi connectivity index (χ3n) is 2.12. The Morgan fingerprint density at radius 3 is 2.92 bits per heavy atom. The van der Waals surface area contributed by atoms with Gasteiger partial charge in [0, 0.05) is 0 Å². The molecule has 2 nitrogen and oxygen atoms in total. The topological polar surface area (TPSA) is 29.5 Å². The largest absolute Gasteiger partial charge is 0.504 e. The Hall–Kier alpha value is -0.450. The summed E-state index contributed by atoms with van der Waals surface area (Å²) in [5.74, 6) is 1.60. The zero-order valence-electron chi connectivity index (χ0n) is 7.16. The second-order valence-corrected chi connectivity index (χ2v) is 4.50. The van der Waals surface area contributed by atoms with E-state index in [1.54, 1.807) is 6.07 Å². The van der Waals surface area contributed by atoms with E-state index in [0.29, 0.717) is 5.75 Å². The van der Waals surface area contributed by atoms with Gasteiger partial charge in [-0.2, -0.15) is 0 Å². The zero-order valence-corrected chi connectivity index (χ0v) is 9.32. The minimum atomic E-state index is 0.267. The molecule has 1 fully saturated rings. The maximum Gasteiger partial charge on any atom is 0.171 e. The van der Waals surface area contributed by atoms with Gasteiger partial charge in [0.1, 0.15) is 0 Å². The van der Waals surface area contributed by atoms with Gasteiger partial charge >= 0.3 is 0 Å². The van der Waals surface area contributed by atoms with Crippen LogP contribution in [0.4, 0.5) is 0 Å². The van der Waals surface area contributed by atoms with Crippen LogP contribution < -0.4 is 4.74 Å². The number of para-hydroxylation sites is 1. The fourth-order valence-electron chi connectivity index (χ4n) is 1.10. The van der Waals surface area contributed by atoms with Gasteiger partial charge < -0.3 is 9.84 Å². The molecule has 0 atom stereocenters. The monoisotopic (exact) mass is 290 g/mol. The highest BCUT2D eigenvalue weighted by molar-refractivity contribution is 14.1. The molecule has 3 heteroatoms. The van der Waals surface area contributed by atoms with E-state index in [1.807, 2.05) is 12.1 Å². The SMILES string of the molecule is Oc1c(I)cccc1OCC1CC1. The maximum absolute atomic E-state index is 9.60. The first-order chi connectivity index (χ1) is 6.27. The molecule has 13 heavy (non-hydrogen) atoms. The van der Waals surface area contributed by atoms with Gasteiger partial charge in [-0.15, -0.1) is 0 Å². The highest BCUT2D eigenvalue weighted by Crippen LogP contribution is 2.34. The van der Waals surface area contributed by atoms with Crippen LogP contribution in [0.15, 0.2) is 18.2 Å². The summed E-state index contributed by atoms with van der Waals surface area (Å²) in [7, 11) is 0. The van der Waals surface area contributed by atoms with Gasteiger partial charge in [0.15, 0.2) is 11.5 Å². The van der Waals surface area contributed by atoms with Crippen molar-refractivity contribution in [1.82, 2.24) is 0 Å². The predicted octanol–water partition coefficient (Wildman–Crippen LogP) is 2.79. The van der Waals surface area contributed by atoms with E-state index in [9.17, 15) is 5.11 Å². The van der Waals surface area contributed by atoms with Gasteiger partial charge in [-0.3, -0.25) is 0 Å². The molecular formula is C10H11IO2. The van der Waals surface area contributed by atoms with Gasteiger partial charge in [0.05, 0.1) is 10.2 Å². The average molecular weight is 290 g/mol. The summed E-state index contributed by atoms with van der Waals surface area (Å²) in [6, 6.07) is 5.56. The Bertz CT molecular complexity index is 308. The average Bonchev–Trinajstić information content (AvgIpc) is 2.91. The van der Waals surface area contributed by atoms with Crippen molar-refractivity contribution in [3.8, 4) is 11.5 Å². The van der Waals surface area contributed by atoms with Gasteiger partial charge in [0.2, 0.25) is 0 Å². The Morgan fingerprint density at radius 2 is 2.23 bits per heavy atom. The minimum absolute atomic E-state index is 0.267. The second kappa shape index (κ2) is 3.74. The number of hydrogen-bond acceptors (Lipinski definition) is 2. The second-order valence-electron chi connectivity index (χ2n) is 3.34. The van der Waals surface area contributed by atoms with E-state index < -0.39 is 0 Å². The first-order valence-electron chi connectivity index (χ1n) is 4.37. The molecule has 70 valence electrons. The van der Waals surface area contributed by atoms with Crippen LogP contribution in [-0.2, 0) is 0 Å². The van der Waals surface area contributed by atoms with Crippen molar-refractivity contribution in [3.63, 3.8) is 0 Å². The summed E-state index contributed by atoms with van der Waals surface area (Å²) in [6.45, 7) is 0.744. The Labute approximate surface area is 91.1 Å². The summed E-state index contributed by atoms with van der Waals surface area (Å²) in [4.78, 5) is 0. The van der Waals surface area contributed by atoms with Crippen molar-refractivity contribution in [2.45, 2.75) is 12.8 Å². The zero-order chi connectivity index (χ0) is 9.26. The molecule has 0 saturated heterocycles. The molecule has 0 aromatic heterocycles. The molecule has 0 radical (unpaired) electrons. The van der Waals surface area contributed by atoms with Crippen molar-refractivity contribution < 1.29 is 9.84 Å². The standard InChI is InChI=1S/C10H11IO2/c11-8-2-1-3-9(10(8)12)13-6-7-4-5-7/h1-3,7,12H,4-6H2. The molecule has 1 saturated carbocycles. The molecule has 0 bridgehead atoms. The predicted molar refractivity (Wildman–Crippen MR) is 59.0 cm³/mol. The van der Waals surface area contributed by atoms with E-state index in [1.165, 1.54) is 12.8 Å². The van der Waals surface area contributed by atoms with Crippen LogP contribution in [-0.4, -0.2) is 11.7 Å². The number of benzene rings is 1. The molecule has 0 spiro atoms. The summed E-state index contributed by atoms with van der Waals surface area (Å²) >= 11 is 2.09. The molecular weight excluding hydrogens is 279 g/mol. The first-order valence-corrected chi connectivity index (χ1v) is 5.45. The molecule has 0 unspecified atom stereocenters. The molecule has 2 rings (SSSR count). The molecule has 1 aliphatic rings. The smallest absolute Gasteiger partial charge is 0.171 e. The van der Waals surface area contributed by atoms with Gasteiger partial charge in [-0.05, 0) is 53.5 Å². The summed E-state index contributed by atoms with van der Waals surface area (Å²) in [5, 5.41) is 9.60. The first kappa shape index (κ1) is 9.12. The lowest BCUT2D eigenvalue weighted by molar-refractivity contribution is 0.283. The van der Waals surface area contributed by atoms with Crippen LogP contribution in [0.2, 0.25) is 0 Å². The van der Waals surface area contributed by atoms with Crippen LogP contribution in [0.1, 0.15) is 12.8 Å². The lowest BCUT2D eigenvalue weighted by atomic mass is 10.3. The van der Waals surface area contributed by atoms with E-state index in [0.717, 1.165) is 16.1 Å². The third-order valence-corrected chi connectivity index (χ3v) is 2.99. The molecule has 0 amide bonds. The molecule has 0 heterocycles. The lowest BCUT2D eigenvalue weighted by Gasteiger charge is -2.07. The van der Waals surface area contributed by atoms with Crippen molar-refractivity contribution >= 4 is 22.6 Å². The van der Waals surface area contributed by atoms with E-state index in [2.05, 4.69) is 22.6 Å². The summed E-state index contributed by atoms with van der Waals surface area (Å²) in [5.41, 5.74) is 0. The number of ether oxygens (including phenoxy) is 1.